The fourth-order valence-corrected chi connectivity index (χ4v) is 8.41. The van der Waals surface area contributed by atoms with Crippen LogP contribution in [0.3, 0.4) is 0 Å². The number of nitrogens with zero attached hydrogens (tertiary/aromatic N) is 3. The molecule has 252 valence electrons. The summed E-state index contributed by atoms with van der Waals surface area (Å²) in [6.45, 7) is 0. The van der Waals surface area contributed by atoms with E-state index in [-0.39, 0.29) is 5.92 Å². The Morgan fingerprint density at radius 1 is 0.407 bits per heavy atom. The molecule has 1 aliphatic rings. The maximum Gasteiger partial charge on any atom is 0.164 e. The van der Waals surface area contributed by atoms with Gasteiger partial charge in [-0.1, -0.05) is 164 Å². The SMILES string of the molecule is c1ccc(-c2nc(-c3cccc(-c4cccc5oc6c7ccccc7ccc6c45)c3)nc(-c3cccc4c3-c3ccccc3C4c3ccccc3)n2)cc1. The van der Waals surface area contributed by atoms with Gasteiger partial charge in [-0.05, 0) is 62.5 Å². The Kier molecular flexibility index (Phi) is 6.89. The second kappa shape index (κ2) is 12.2. The van der Waals surface area contributed by atoms with Crippen molar-refractivity contribution in [1.82, 2.24) is 15.0 Å². The van der Waals surface area contributed by atoms with Crippen LogP contribution < -0.4 is 0 Å². The molecule has 0 aliphatic heterocycles. The minimum atomic E-state index is 0.128. The first-order valence-corrected chi connectivity index (χ1v) is 18.3. The zero-order valence-corrected chi connectivity index (χ0v) is 29.1. The van der Waals surface area contributed by atoms with Crippen molar-refractivity contribution >= 4 is 32.7 Å². The number of aromatic nitrogens is 3. The van der Waals surface area contributed by atoms with Crippen LogP contribution in [-0.4, -0.2) is 15.0 Å². The highest BCUT2D eigenvalue weighted by Gasteiger charge is 2.32. The first kappa shape index (κ1) is 30.5. The van der Waals surface area contributed by atoms with Crippen LogP contribution in [0, 0.1) is 0 Å². The fourth-order valence-electron chi connectivity index (χ4n) is 8.41. The van der Waals surface area contributed by atoms with Crippen LogP contribution in [0.5, 0.6) is 0 Å². The molecular weight excluding hydrogens is 659 g/mol. The molecule has 0 bridgehead atoms. The molecule has 4 heteroatoms. The molecule has 0 amide bonds. The summed E-state index contributed by atoms with van der Waals surface area (Å²) in [6, 6.07) is 63.8. The maximum atomic E-state index is 6.54. The second-order valence-corrected chi connectivity index (χ2v) is 13.9. The van der Waals surface area contributed by atoms with E-state index in [4.69, 9.17) is 19.4 Å². The lowest BCUT2D eigenvalue weighted by molar-refractivity contribution is 0.673. The molecule has 2 heterocycles. The molecular formula is C50H31N3O. The Balaban J connectivity index is 1.10. The summed E-state index contributed by atoms with van der Waals surface area (Å²) >= 11 is 0. The first-order chi connectivity index (χ1) is 26.8. The Morgan fingerprint density at radius 2 is 1.04 bits per heavy atom. The summed E-state index contributed by atoms with van der Waals surface area (Å²) in [7, 11) is 0. The van der Waals surface area contributed by atoms with Crippen LogP contribution in [-0.2, 0) is 0 Å². The Morgan fingerprint density at radius 3 is 1.93 bits per heavy atom. The van der Waals surface area contributed by atoms with Crippen molar-refractivity contribution in [2.75, 3.05) is 0 Å². The predicted octanol–water partition coefficient (Wildman–Crippen LogP) is 12.8. The van der Waals surface area contributed by atoms with E-state index < -0.39 is 0 Å². The topological polar surface area (TPSA) is 51.8 Å². The van der Waals surface area contributed by atoms with Crippen LogP contribution >= 0.6 is 0 Å². The molecule has 1 unspecified atom stereocenters. The number of hydrogen-bond acceptors (Lipinski definition) is 4. The number of hydrogen-bond donors (Lipinski definition) is 0. The predicted molar refractivity (Wildman–Crippen MR) is 219 cm³/mol. The van der Waals surface area contributed by atoms with Gasteiger partial charge in [0.1, 0.15) is 11.2 Å². The zero-order chi connectivity index (χ0) is 35.6. The highest BCUT2D eigenvalue weighted by molar-refractivity contribution is 6.19. The maximum absolute atomic E-state index is 6.54. The minimum Gasteiger partial charge on any atom is -0.455 e. The highest BCUT2D eigenvalue weighted by atomic mass is 16.3. The summed E-state index contributed by atoms with van der Waals surface area (Å²) in [4.78, 5) is 15.6. The lowest BCUT2D eigenvalue weighted by atomic mass is 9.89. The standard InChI is InChI=1S/C50H31N3O/c1-3-15-32(16-4-1)44-38-22-9-10-23-39(38)45-40(44)25-12-26-42(45)50-52-48(33-17-5-2-6-18-33)51-49(53-50)35-20-11-19-34(30-35)36-24-13-27-43-46(36)41-29-28-31-14-7-8-21-37(31)47(41)54-43/h1-30,44H. The van der Waals surface area contributed by atoms with E-state index >= 15 is 0 Å². The summed E-state index contributed by atoms with van der Waals surface area (Å²) in [5, 5.41) is 4.48. The van der Waals surface area contributed by atoms with Crippen molar-refractivity contribution in [2.24, 2.45) is 0 Å². The lowest BCUT2D eigenvalue weighted by Gasteiger charge is -2.15. The molecule has 1 atom stereocenters. The largest absolute Gasteiger partial charge is 0.455 e. The number of benzene rings is 8. The van der Waals surface area contributed by atoms with Gasteiger partial charge < -0.3 is 4.42 Å². The van der Waals surface area contributed by atoms with Gasteiger partial charge >= 0.3 is 0 Å². The monoisotopic (exact) mass is 689 g/mol. The Hall–Kier alpha value is -7.17. The van der Waals surface area contributed by atoms with E-state index in [1.807, 2.05) is 18.2 Å². The van der Waals surface area contributed by atoms with Crippen molar-refractivity contribution in [1.29, 1.82) is 0 Å². The van der Waals surface area contributed by atoms with Crippen molar-refractivity contribution in [3.8, 4) is 56.4 Å². The third-order valence-corrected chi connectivity index (χ3v) is 10.8. The molecule has 8 aromatic carbocycles. The van der Waals surface area contributed by atoms with E-state index in [2.05, 4.69) is 164 Å². The summed E-state index contributed by atoms with van der Waals surface area (Å²) < 4.78 is 6.54. The fraction of sp³-hybridized carbons (Fsp3) is 0.0200. The van der Waals surface area contributed by atoms with Gasteiger partial charge in [0.25, 0.3) is 0 Å². The first-order valence-electron chi connectivity index (χ1n) is 18.3. The van der Waals surface area contributed by atoms with E-state index in [1.54, 1.807) is 0 Å². The van der Waals surface area contributed by atoms with Gasteiger partial charge in [0.2, 0.25) is 0 Å². The molecule has 0 N–H and O–H groups in total. The number of rotatable bonds is 5. The van der Waals surface area contributed by atoms with Crippen LogP contribution in [0.4, 0.5) is 0 Å². The minimum absolute atomic E-state index is 0.128. The average Bonchev–Trinajstić information content (AvgIpc) is 3.81. The quantitative estimate of drug-likeness (QED) is 0.180. The van der Waals surface area contributed by atoms with Crippen LogP contribution in [0.1, 0.15) is 22.6 Å². The zero-order valence-electron chi connectivity index (χ0n) is 29.1. The van der Waals surface area contributed by atoms with Gasteiger partial charge in [0.05, 0.1) is 0 Å². The van der Waals surface area contributed by atoms with Crippen molar-refractivity contribution in [3.63, 3.8) is 0 Å². The number of fused-ring (bicyclic) bond motifs is 8. The Labute approximate surface area is 312 Å². The lowest BCUT2D eigenvalue weighted by Crippen LogP contribution is -2.02. The van der Waals surface area contributed by atoms with Crippen molar-refractivity contribution < 1.29 is 4.42 Å². The van der Waals surface area contributed by atoms with Crippen LogP contribution in [0.15, 0.2) is 186 Å². The van der Waals surface area contributed by atoms with Gasteiger partial charge in [0.15, 0.2) is 17.5 Å². The molecule has 11 rings (SSSR count). The molecule has 0 saturated carbocycles. The summed E-state index contributed by atoms with van der Waals surface area (Å²) in [6.07, 6.45) is 0. The highest BCUT2D eigenvalue weighted by Crippen LogP contribution is 2.51. The van der Waals surface area contributed by atoms with Crippen molar-refractivity contribution in [2.45, 2.75) is 5.92 Å². The van der Waals surface area contributed by atoms with Gasteiger partial charge in [-0.25, -0.2) is 15.0 Å². The smallest absolute Gasteiger partial charge is 0.164 e. The Bertz CT molecular complexity index is 3060. The molecule has 0 spiro atoms. The van der Waals surface area contributed by atoms with Gasteiger partial charge in [-0.2, -0.15) is 0 Å². The summed E-state index contributed by atoms with van der Waals surface area (Å²) in [5.41, 5.74) is 13.0. The third-order valence-electron chi connectivity index (χ3n) is 10.8. The van der Waals surface area contributed by atoms with E-state index in [0.29, 0.717) is 17.5 Å². The van der Waals surface area contributed by atoms with Gasteiger partial charge in [0, 0.05) is 38.8 Å². The molecule has 4 nitrogen and oxygen atoms in total. The molecule has 0 fully saturated rings. The molecule has 2 aromatic heterocycles. The van der Waals surface area contributed by atoms with Crippen molar-refractivity contribution in [3.05, 3.63) is 199 Å². The van der Waals surface area contributed by atoms with Gasteiger partial charge in [-0.3, -0.25) is 0 Å². The average molecular weight is 690 g/mol. The summed E-state index contributed by atoms with van der Waals surface area (Å²) in [5.74, 6) is 2.04. The molecule has 10 aromatic rings. The molecule has 54 heavy (non-hydrogen) atoms. The third kappa shape index (κ3) is 4.81. The van der Waals surface area contributed by atoms with E-state index in [1.165, 1.54) is 27.8 Å². The molecule has 0 radical (unpaired) electrons. The van der Waals surface area contributed by atoms with Gasteiger partial charge in [-0.15, -0.1) is 0 Å². The van der Waals surface area contributed by atoms with E-state index in [0.717, 1.165) is 60.5 Å². The van der Waals surface area contributed by atoms with E-state index in [9.17, 15) is 0 Å². The molecule has 1 aliphatic carbocycles. The number of furan rings is 1. The van der Waals surface area contributed by atoms with Crippen LogP contribution in [0.25, 0.3) is 89.1 Å². The molecule has 0 saturated heterocycles. The second-order valence-electron chi connectivity index (χ2n) is 13.9. The van der Waals surface area contributed by atoms with Crippen LogP contribution in [0.2, 0.25) is 0 Å². The normalized spacial score (nSPS) is 13.4.